The summed E-state index contributed by atoms with van der Waals surface area (Å²) >= 11 is 0. The molecule has 6 heteroatoms. The van der Waals surface area contributed by atoms with Crippen LogP contribution in [0.2, 0.25) is 0 Å². The zero-order valence-electron chi connectivity index (χ0n) is 15.4. The van der Waals surface area contributed by atoms with Crippen molar-refractivity contribution >= 4 is 23.5 Å². The predicted molar refractivity (Wildman–Crippen MR) is 94.8 cm³/mol. The summed E-state index contributed by atoms with van der Waals surface area (Å²) in [6.07, 6.45) is 3.24. The number of piperidine rings is 1. The fourth-order valence-corrected chi connectivity index (χ4v) is 2.77. The van der Waals surface area contributed by atoms with Gasteiger partial charge in [0.2, 0.25) is 11.8 Å². The van der Waals surface area contributed by atoms with Crippen LogP contribution in [-0.4, -0.2) is 21.4 Å². The molecule has 0 radical (unpaired) electrons. The molecule has 2 heterocycles. The third-order valence-corrected chi connectivity index (χ3v) is 3.74. The number of imide groups is 1. The normalized spacial score (nSPS) is 17.9. The van der Waals surface area contributed by atoms with E-state index in [-0.39, 0.29) is 17.9 Å². The van der Waals surface area contributed by atoms with Crippen molar-refractivity contribution in [2.24, 2.45) is 0 Å². The third-order valence-electron chi connectivity index (χ3n) is 3.74. The van der Waals surface area contributed by atoms with E-state index in [9.17, 15) is 14.4 Å². The Morgan fingerprint density at radius 1 is 1.29 bits per heavy atom. The van der Waals surface area contributed by atoms with Gasteiger partial charge in [0.15, 0.2) is 0 Å². The topological polar surface area (TPSA) is 81.1 Å². The van der Waals surface area contributed by atoms with E-state index in [1.807, 2.05) is 40.7 Å². The highest BCUT2D eigenvalue weighted by molar-refractivity contribution is 5.99. The molecule has 2 amide bonds. The van der Waals surface area contributed by atoms with Crippen LogP contribution in [0.15, 0.2) is 4.79 Å². The Morgan fingerprint density at radius 3 is 2.42 bits per heavy atom. The van der Waals surface area contributed by atoms with Gasteiger partial charge in [-0.1, -0.05) is 32.4 Å². The van der Waals surface area contributed by atoms with E-state index >= 15 is 0 Å². The van der Waals surface area contributed by atoms with Crippen molar-refractivity contribution < 1.29 is 9.59 Å². The van der Waals surface area contributed by atoms with Crippen LogP contribution in [0.5, 0.6) is 0 Å². The summed E-state index contributed by atoms with van der Waals surface area (Å²) in [6.45, 7) is 11.4. The number of nitrogens with one attached hydrogen (secondary N) is 1. The Labute approximate surface area is 142 Å². The molecule has 1 fully saturated rings. The van der Waals surface area contributed by atoms with Crippen LogP contribution in [0.25, 0.3) is 11.6 Å². The molecule has 1 aromatic rings. The lowest BCUT2D eigenvalue weighted by molar-refractivity contribution is -0.135. The summed E-state index contributed by atoms with van der Waals surface area (Å²) in [5.74, 6) is -0.242. The number of hydrogen-bond donors (Lipinski definition) is 1. The van der Waals surface area contributed by atoms with Crippen LogP contribution in [0.3, 0.4) is 0 Å². The van der Waals surface area contributed by atoms with Crippen molar-refractivity contribution in [1.82, 2.24) is 14.9 Å². The molecule has 1 N–H and O–H groups in total. The molecule has 0 spiro atoms. The summed E-state index contributed by atoms with van der Waals surface area (Å²) < 4.78 is 1.41. The Balaban J connectivity index is 0.00000139. The molecule has 132 valence electrons. The van der Waals surface area contributed by atoms with Gasteiger partial charge in [-0.25, -0.2) is 4.98 Å². The molecule has 0 aliphatic carbocycles. The average molecular weight is 333 g/mol. The highest BCUT2D eigenvalue weighted by atomic mass is 16.2. The minimum Gasteiger partial charge on any atom is -0.295 e. The standard InChI is InChI=1S/C16H21N3O3.C2H6/c1-5-6-11-14(9(2)3)16(22)19(10(4)17-11)12-7-8-13(20)18-15(12)21;1-2/h6,12H,5,7-8H2,1-4H3,(H,18,20,21);1-2H3/b11-6+;. The van der Waals surface area contributed by atoms with Crippen molar-refractivity contribution in [3.05, 3.63) is 26.7 Å². The van der Waals surface area contributed by atoms with E-state index < -0.39 is 11.9 Å². The molecule has 1 aliphatic heterocycles. The molecule has 1 aromatic heterocycles. The maximum Gasteiger partial charge on any atom is 0.262 e. The van der Waals surface area contributed by atoms with Crippen molar-refractivity contribution in [2.75, 3.05) is 0 Å². The summed E-state index contributed by atoms with van der Waals surface area (Å²) in [7, 11) is 0. The summed E-state index contributed by atoms with van der Waals surface area (Å²) in [5.41, 5.74) is 0.639. The summed E-state index contributed by atoms with van der Waals surface area (Å²) in [6, 6.07) is -0.675. The fraction of sp³-hybridized carbons (Fsp3) is 0.556. The summed E-state index contributed by atoms with van der Waals surface area (Å²) in [5, 5.41) is 3.49. The maximum absolute atomic E-state index is 12.9. The van der Waals surface area contributed by atoms with Gasteiger partial charge in [0.25, 0.3) is 5.56 Å². The molecule has 24 heavy (non-hydrogen) atoms. The molecule has 2 rings (SSSR count). The Morgan fingerprint density at radius 2 is 1.92 bits per heavy atom. The molecule has 1 atom stereocenters. The van der Waals surface area contributed by atoms with Crippen LogP contribution in [0.1, 0.15) is 65.7 Å². The van der Waals surface area contributed by atoms with Gasteiger partial charge in [-0.05, 0) is 33.6 Å². The fourth-order valence-electron chi connectivity index (χ4n) is 2.77. The zero-order chi connectivity index (χ0) is 18.4. The molecule has 1 aliphatic rings. The third kappa shape index (κ3) is 3.99. The minimum atomic E-state index is -0.675. The van der Waals surface area contributed by atoms with Crippen molar-refractivity contribution in [3.63, 3.8) is 0 Å². The van der Waals surface area contributed by atoms with Gasteiger partial charge in [-0.2, -0.15) is 0 Å². The maximum atomic E-state index is 12.9. The second kappa shape index (κ2) is 8.57. The Hall–Kier alpha value is -2.24. The first-order chi connectivity index (χ1) is 11.4. The number of nitrogens with zero attached hydrogens (tertiary/aromatic N) is 2. The number of amides is 2. The van der Waals surface area contributed by atoms with Crippen LogP contribution in [-0.2, 0) is 9.59 Å². The first kappa shape index (κ1) is 19.8. The molecule has 1 saturated heterocycles. The van der Waals surface area contributed by atoms with Gasteiger partial charge in [-0.15, -0.1) is 0 Å². The number of hydrogen-bond acceptors (Lipinski definition) is 4. The summed E-state index contributed by atoms with van der Waals surface area (Å²) in [4.78, 5) is 40.7. The Bertz CT molecular complexity index is 802. The van der Waals surface area contributed by atoms with Gasteiger partial charge < -0.3 is 0 Å². The quantitative estimate of drug-likeness (QED) is 0.817. The molecular weight excluding hydrogens is 306 g/mol. The number of aryl methyl sites for hydroxylation is 1. The van der Waals surface area contributed by atoms with E-state index in [4.69, 9.17) is 0 Å². The van der Waals surface area contributed by atoms with Gasteiger partial charge in [0.1, 0.15) is 11.9 Å². The number of carbonyl (C=O) groups is 2. The molecular formula is C18H27N3O3. The van der Waals surface area contributed by atoms with Gasteiger partial charge >= 0.3 is 0 Å². The molecule has 6 nitrogen and oxygen atoms in total. The van der Waals surface area contributed by atoms with E-state index in [0.29, 0.717) is 22.8 Å². The largest absolute Gasteiger partial charge is 0.295 e. The first-order valence-electron chi connectivity index (χ1n) is 8.47. The molecule has 0 aromatic carbocycles. The number of aromatic nitrogens is 2. The highest BCUT2D eigenvalue weighted by Crippen LogP contribution is 2.16. The average Bonchev–Trinajstić information content (AvgIpc) is 2.51. The highest BCUT2D eigenvalue weighted by Gasteiger charge is 2.30. The van der Waals surface area contributed by atoms with E-state index in [1.165, 1.54) is 4.57 Å². The second-order valence-corrected chi connectivity index (χ2v) is 5.67. The lowest BCUT2D eigenvalue weighted by Gasteiger charge is -2.24. The second-order valence-electron chi connectivity index (χ2n) is 5.67. The number of carbonyl (C=O) groups excluding carboxylic acids is 2. The van der Waals surface area contributed by atoms with E-state index in [1.54, 1.807) is 6.92 Å². The van der Waals surface area contributed by atoms with E-state index in [2.05, 4.69) is 10.3 Å². The smallest absolute Gasteiger partial charge is 0.262 e. The predicted octanol–water partition coefficient (Wildman–Crippen LogP) is 0.937. The minimum absolute atomic E-state index is 0.221. The monoisotopic (exact) mass is 333 g/mol. The van der Waals surface area contributed by atoms with Crippen LogP contribution in [0, 0.1) is 6.92 Å². The first-order valence-corrected chi connectivity index (χ1v) is 8.47. The Kier molecular flexibility index (Phi) is 7.07. The molecule has 0 saturated carbocycles. The van der Waals surface area contributed by atoms with Crippen LogP contribution in [0.4, 0.5) is 0 Å². The zero-order valence-corrected chi connectivity index (χ0v) is 15.4. The van der Waals surface area contributed by atoms with Crippen LogP contribution < -0.4 is 21.4 Å². The lowest BCUT2D eigenvalue weighted by atomic mass is 10.1. The van der Waals surface area contributed by atoms with Gasteiger partial charge in [0, 0.05) is 6.42 Å². The molecule has 1 unspecified atom stereocenters. The van der Waals surface area contributed by atoms with E-state index in [0.717, 1.165) is 12.0 Å². The van der Waals surface area contributed by atoms with Gasteiger partial charge in [0.05, 0.1) is 10.6 Å². The number of rotatable bonds is 2. The van der Waals surface area contributed by atoms with Crippen molar-refractivity contribution in [1.29, 1.82) is 0 Å². The molecule has 0 bridgehead atoms. The SMILES string of the molecule is CC.CC/C=c1/nc(C)n(C2CCC(=O)NC2=O)c(=O)c1=C(C)C. The van der Waals surface area contributed by atoms with Crippen LogP contribution >= 0.6 is 0 Å². The van der Waals surface area contributed by atoms with Crippen molar-refractivity contribution in [2.45, 2.75) is 66.8 Å². The lowest BCUT2D eigenvalue weighted by Crippen LogP contribution is -2.53. The van der Waals surface area contributed by atoms with Crippen molar-refractivity contribution in [3.8, 4) is 0 Å². The van der Waals surface area contributed by atoms with Gasteiger partial charge in [-0.3, -0.25) is 24.3 Å².